The summed E-state index contributed by atoms with van der Waals surface area (Å²) in [5.74, 6) is -0.290. The van der Waals surface area contributed by atoms with Crippen LogP contribution >= 0.6 is 0 Å². The first kappa shape index (κ1) is 18.7. The van der Waals surface area contributed by atoms with Gasteiger partial charge in [-0.1, -0.05) is 36.9 Å². The number of anilines is 1. The Kier molecular flexibility index (Phi) is 5.04. The maximum Gasteiger partial charge on any atom is 0.326 e. The topological polar surface area (TPSA) is 55.8 Å². The Morgan fingerprint density at radius 1 is 1.19 bits per heavy atom. The molecule has 0 aromatic heterocycles. The molecule has 0 radical (unpaired) electrons. The molecule has 1 unspecified atom stereocenters. The van der Waals surface area contributed by atoms with Crippen LogP contribution in [0.3, 0.4) is 0 Å². The second kappa shape index (κ2) is 7.27. The van der Waals surface area contributed by atoms with Crippen LogP contribution in [0.1, 0.15) is 18.1 Å². The van der Waals surface area contributed by atoms with Crippen molar-refractivity contribution >= 4 is 17.6 Å². The number of esters is 1. The minimum absolute atomic E-state index is 0.0751. The minimum Gasteiger partial charge on any atom is -0.497 e. The van der Waals surface area contributed by atoms with Crippen LogP contribution in [-0.4, -0.2) is 32.6 Å². The Hall–Kier alpha value is -3.08. The van der Waals surface area contributed by atoms with Gasteiger partial charge in [0, 0.05) is 24.7 Å². The SMILES string of the molecule is C=C(C)COC(=O)C1(Cc2ccccc2)C(=O)N(C)c2ccc(OC)cc21. The molecule has 1 aliphatic heterocycles. The summed E-state index contributed by atoms with van der Waals surface area (Å²) in [6, 6.07) is 14.8. The van der Waals surface area contributed by atoms with Gasteiger partial charge in [0.05, 0.1) is 7.11 Å². The fourth-order valence-electron chi connectivity index (χ4n) is 3.44. The lowest BCUT2D eigenvalue weighted by Gasteiger charge is -2.26. The van der Waals surface area contributed by atoms with E-state index in [0.717, 1.165) is 5.56 Å². The number of carbonyl (C=O) groups excluding carboxylic acids is 2. The predicted molar refractivity (Wildman–Crippen MR) is 104 cm³/mol. The molecule has 1 amide bonds. The summed E-state index contributed by atoms with van der Waals surface area (Å²) < 4.78 is 10.8. The standard InChI is InChI=1S/C22H23NO4/c1-15(2)14-27-21(25)22(13-16-8-6-5-7-9-16)18-12-17(26-4)10-11-19(18)23(3)20(22)24/h5-12H,1,13-14H2,2-4H3. The summed E-state index contributed by atoms with van der Waals surface area (Å²) in [6.07, 6.45) is 0.214. The van der Waals surface area contributed by atoms with Gasteiger partial charge in [-0.15, -0.1) is 0 Å². The van der Waals surface area contributed by atoms with Gasteiger partial charge in [-0.05, 0) is 36.3 Å². The van der Waals surface area contributed by atoms with Crippen LogP contribution in [0.5, 0.6) is 5.75 Å². The Bertz CT molecular complexity index is 890. The van der Waals surface area contributed by atoms with Gasteiger partial charge in [0.25, 0.3) is 0 Å². The van der Waals surface area contributed by atoms with Crippen molar-refractivity contribution in [2.24, 2.45) is 0 Å². The van der Waals surface area contributed by atoms with E-state index in [1.165, 1.54) is 4.90 Å². The quantitative estimate of drug-likeness (QED) is 0.448. The van der Waals surface area contributed by atoms with Crippen molar-refractivity contribution in [1.82, 2.24) is 0 Å². The molecule has 27 heavy (non-hydrogen) atoms. The molecule has 0 aliphatic carbocycles. The zero-order chi connectivity index (χ0) is 19.6. The molecule has 0 saturated heterocycles. The Morgan fingerprint density at radius 3 is 2.52 bits per heavy atom. The van der Waals surface area contributed by atoms with Gasteiger partial charge >= 0.3 is 5.97 Å². The third-order valence-corrected chi connectivity index (χ3v) is 4.80. The fourth-order valence-corrected chi connectivity index (χ4v) is 3.44. The smallest absolute Gasteiger partial charge is 0.326 e. The number of nitrogens with zero attached hydrogens (tertiary/aromatic N) is 1. The normalized spacial score (nSPS) is 18.2. The molecule has 2 aromatic carbocycles. The van der Waals surface area contributed by atoms with Gasteiger partial charge in [0.2, 0.25) is 5.91 Å². The number of hydrogen-bond acceptors (Lipinski definition) is 4. The van der Waals surface area contributed by atoms with Crippen LogP contribution < -0.4 is 9.64 Å². The molecular formula is C22H23NO4. The van der Waals surface area contributed by atoms with E-state index in [-0.39, 0.29) is 18.9 Å². The molecule has 1 aliphatic rings. The van der Waals surface area contributed by atoms with E-state index in [4.69, 9.17) is 9.47 Å². The predicted octanol–water partition coefficient (Wildman–Crippen LogP) is 3.27. The molecule has 0 bridgehead atoms. The lowest BCUT2D eigenvalue weighted by atomic mass is 9.76. The number of hydrogen-bond donors (Lipinski definition) is 0. The van der Waals surface area contributed by atoms with Crippen LogP contribution in [0.25, 0.3) is 0 Å². The van der Waals surface area contributed by atoms with Gasteiger partial charge < -0.3 is 14.4 Å². The highest BCUT2D eigenvalue weighted by Crippen LogP contribution is 2.45. The summed E-state index contributed by atoms with van der Waals surface area (Å²) in [5.41, 5.74) is 1.43. The van der Waals surface area contributed by atoms with Crippen molar-refractivity contribution in [2.75, 3.05) is 25.7 Å². The number of carbonyl (C=O) groups is 2. The monoisotopic (exact) mass is 365 g/mol. The van der Waals surface area contributed by atoms with E-state index < -0.39 is 11.4 Å². The number of likely N-dealkylation sites (N-methyl/N-ethyl adjacent to an activating group) is 1. The highest BCUT2D eigenvalue weighted by Gasteiger charge is 2.56. The molecule has 0 fully saturated rings. The molecular weight excluding hydrogens is 342 g/mol. The lowest BCUT2D eigenvalue weighted by Crippen LogP contribution is -2.48. The van der Waals surface area contributed by atoms with E-state index >= 15 is 0 Å². The number of rotatable bonds is 6. The van der Waals surface area contributed by atoms with Crippen molar-refractivity contribution in [3.05, 3.63) is 71.8 Å². The summed E-state index contributed by atoms with van der Waals surface area (Å²) in [6.45, 7) is 5.62. The maximum atomic E-state index is 13.3. The number of methoxy groups -OCH3 is 1. The molecule has 0 spiro atoms. The molecule has 1 heterocycles. The third-order valence-electron chi connectivity index (χ3n) is 4.80. The average Bonchev–Trinajstić information content (AvgIpc) is 2.89. The van der Waals surface area contributed by atoms with Gasteiger partial charge in [0.15, 0.2) is 5.41 Å². The van der Waals surface area contributed by atoms with E-state index in [9.17, 15) is 9.59 Å². The molecule has 140 valence electrons. The Morgan fingerprint density at radius 2 is 1.89 bits per heavy atom. The zero-order valence-electron chi connectivity index (χ0n) is 15.8. The highest BCUT2D eigenvalue weighted by atomic mass is 16.5. The second-order valence-corrected chi connectivity index (χ2v) is 6.85. The number of fused-ring (bicyclic) bond motifs is 1. The van der Waals surface area contributed by atoms with Crippen LogP contribution in [0.4, 0.5) is 5.69 Å². The van der Waals surface area contributed by atoms with Crippen molar-refractivity contribution in [3.63, 3.8) is 0 Å². The van der Waals surface area contributed by atoms with Gasteiger partial charge in [-0.3, -0.25) is 9.59 Å². The van der Waals surface area contributed by atoms with Crippen molar-refractivity contribution < 1.29 is 19.1 Å². The summed E-state index contributed by atoms with van der Waals surface area (Å²) in [7, 11) is 3.23. The molecule has 5 heteroatoms. The molecule has 0 N–H and O–H groups in total. The molecule has 1 atom stereocenters. The summed E-state index contributed by atoms with van der Waals surface area (Å²) in [5, 5.41) is 0. The number of amides is 1. The van der Waals surface area contributed by atoms with E-state index in [2.05, 4.69) is 6.58 Å². The minimum atomic E-state index is -1.45. The first-order valence-electron chi connectivity index (χ1n) is 8.72. The van der Waals surface area contributed by atoms with Gasteiger partial charge in [-0.25, -0.2) is 0 Å². The summed E-state index contributed by atoms with van der Waals surface area (Å²) in [4.78, 5) is 28.1. The van der Waals surface area contributed by atoms with Crippen LogP contribution in [0.15, 0.2) is 60.7 Å². The Balaban J connectivity index is 2.16. The fraction of sp³-hybridized carbons (Fsp3) is 0.273. The van der Waals surface area contributed by atoms with E-state index in [1.54, 1.807) is 39.3 Å². The van der Waals surface area contributed by atoms with Crippen molar-refractivity contribution in [3.8, 4) is 5.75 Å². The van der Waals surface area contributed by atoms with Crippen LogP contribution in [0.2, 0.25) is 0 Å². The summed E-state index contributed by atoms with van der Waals surface area (Å²) >= 11 is 0. The largest absolute Gasteiger partial charge is 0.497 e. The highest BCUT2D eigenvalue weighted by molar-refractivity contribution is 6.20. The van der Waals surface area contributed by atoms with Crippen molar-refractivity contribution in [2.45, 2.75) is 18.8 Å². The molecule has 2 aromatic rings. The second-order valence-electron chi connectivity index (χ2n) is 6.85. The first-order valence-corrected chi connectivity index (χ1v) is 8.72. The Labute approximate surface area is 159 Å². The number of ether oxygens (including phenoxy) is 2. The third kappa shape index (κ3) is 3.21. The molecule has 5 nitrogen and oxygen atoms in total. The zero-order valence-corrected chi connectivity index (χ0v) is 15.8. The van der Waals surface area contributed by atoms with E-state index in [0.29, 0.717) is 22.6 Å². The van der Waals surface area contributed by atoms with Crippen LogP contribution in [0, 0.1) is 0 Å². The van der Waals surface area contributed by atoms with Gasteiger partial charge in [-0.2, -0.15) is 0 Å². The lowest BCUT2D eigenvalue weighted by molar-refractivity contribution is -0.153. The first-order chi connectivity index (χ1) is 12.9. The van der Waals surface area contributed by atoms with E-state index in [1.807, 2.05) is 30.3 Å². The van der Waals surface area contributed by atoms with Crippen molar-refractivity contribution in [1.29, 1.82) is 0 Å². The number of benzene rings is 2. The maximum absolute atomic E-state index is 13.3. The van der Waals surface area contributed by atoms with Crippen LogP contribution in [-0.2, 0) is 26.2 Å². The van der Waals surface area contributed by atoms with Gasteiger partial charge in [0.1, 0.15) is 12.4 Å². The molecule has 0 saturated carbocycles. The average molecular weight is 365 g/mol. The molecule has 3 rings (SSSR count).